The Balaban J connectivity index is 1.80. The molecule has 26 heavy (non-hydrogen) atoms. The second-order valence-corrected chi connectivity index (χ2v) is 6.80. The van der Waals surface area contributed by atoms with Crippen molar-refractivity contribution in [2.75, 3.05) is 25.5 Å². The largest absolute Gasteiger partial charge is 0.348 e. The van der Waals surface area contributed by atoms with Gasteiger partial charge >= 0.3 is 0 Å². The van der Waals surface area contributed by atoms with Crippen molar-refractivity contribution in [3.8, 4) is 0 Å². The first-order valence-electron chi connectivity index (χ1n) is 8.44. The van der Waals surface area contributed by atoms with Crippen molar-refractivity contribution in [1.82, 2.24) is 10.2 Å². The standard InChI is InChI=1S/C20H24ClN3O2/c1-14-8-10-16(11-9-14)23-20(26)13-24(3)12-19(25)22-15(2)17-6-4-5-7-18(17)21/h4-11,15H,12-13H2,1-3H3,(H,22,25)(H,23,26). The van der Waals surface area contributed by atoms with E-state index in [1.807, 2.05) is 56.3 Å². The van der Waals surface area contributed by atoms with Gasteiger partial charge < -0.3 is 10.6 Å². The molecule has 0 spiro atoms. The van der Waals surface area contributed by atoms with Gasteiger partial charge in [-0.1, -0.05) is 47.5 Å². The lowest BCUT2D eigenvalue weighted by atomic mass is 10.1. The van der Waals surface area contributed by atoms with Crippen molar-refractivity contribution in [3.63, 3.8) is 0 Å². The maximum absolute atomic E-state index is 12.2. The van der Waals surface area contributed by atoms with E-state index in [0.717, 1.165) is 16.8 Å². The highest BCUT2D eigenvalue weighted by molar-refractivity contribution is 6.31. The lowest BCUT2D eigenvalue weighted by Gasteiger charge is -2.19. The molecule has 2 N–H and O–H groups in total. The molecule has 0 aliphatic heterocycles. The van der Waals surface area contributed by atoms with Gasteiger partial charge in [-0.15, -0.1) is 0 Å². The van der Waals surface area contributed by atoms with Gasteiger partial charge in [0.05, 0.1) is 19.1 Å². The minimum absolute atomic E-state index is 0.121. The summed E-state index contributed by atoms with van der Waals surface area (Å²) in [7, 11) is 1.73. The zero-order valence-electron chi connectivity index (χ0n) is 15.3. The van der Waals surface area contributed by atoms with Crippen LogP contribution in [0.25, 0.3) is 0 Å². The molecular weight excluding hydrogens is 350 g/mol. The number of aryl methyl sites for hydroxylation is 1. The number of benzene rings is 2. The van der Waals surface area contributed by atoms with E-state index in [4.69, 9.17) is 11.6 Å². The van der Waals surface area contributed by atoms with Crippen LogP contribution in [0.15, 0.2) is 48.5 Å². The summed E-state index contributed by atoms with van der Waals surface area (Å²) < 4.78 is 0. The lowest BCUT2D eigenvalue weighted by Crippen LogP contribution is -2.39. The van der Waals surface area contributed by atoms with Crippen LogP contribution in [0.4, 0.5) is 5.69 Å². The fourth-order valence-corrected chi connectivity index (χ4v) is 2.87. The number of nitrogens with zero attached hydrogens (tertiary/aromatic N) is 1. The fraction of sp³-hybridized carbons (Fsp3) is 0.300. The third-order valence-electron chi connectivity index (χ3n) is 3.91. The molecule has 0 aromatic heterocycles. The molecule has 138 valence electrons. The predicted octanol–water partition coefficient (Wildman–Crippen LogP) is 3.40. The Hall–Kier alpha value is -2.37. The van der Waals surface area contributed by atoms with Crippen LogP contribution in [0, 0.1) is 6.92 Å². The van der Waals surface area contributed by atoms with Gasteiger partial charge in [-0.3, -0.25) is 14.5 Å². The summed E-state index contributed by atoms with van der Waals surface area (Å²) in [6.45, 7) is 4.11. The minimum atomic E-state index is -0.203. The third-order valence-corrected chi connectivity index (χ3v) is 4.26. The molecule has 0 saturated carbocycles. The summed E-state index contributed by atoms with van der Waals surface area (Å²) in [4.78, 5) is 25.9. The molecule has 5 nitrogen and oxygen atoms in total. The third kappa shape index (κ3) is 6.17. The molecule has 1 atom stereocenters. The average Bonchev–Trinajstić information content (AvgIpc) is 2.56. The SMILES string of the molecule is Cc1ccc(NC(=O)CN(C)CC(=O)NC(C)c2ccccc2Cl)cc1. The Morgan fingerprint density at radius 3 is 2.31 bits per heavy atom. The maximum atomic E-state index is 12.2. The van der Waals surface area contributed by atoms with Crippen LogP contribution in [-0.2, 0) is 9.59 Å². The molecule has 2 aromatic carbocycles. The summed E-state index contributed by atoms with van der Waals surface area (Å²) in [5.41, 5.74) is 2.73. The van der Waals surface area contributed by atoms with Crippen molar-refractivity contribution in [2.24, 2.45) is 0 Å². The highest BCUT2D eigenvalue weighted by atomic mass is 35.5. The van der Waals surface area contributed by atoms with E-state index in [0.29, 0.717) is 5.02 Å². The van der Waals surface area contributed by atoms with Gasteiger partial charge in [0.25, 0.3) is 0 Å². The topological polar surface area (TPSA) is 61.4 Å². The van der Waals surface area contributed by atoms with Crippen molar-refractivity contribution >= 4 is 29.1 Å². The van der Waals surface area contributed by atoms with Crippen molar-refractivity contribution < 1.29 is 9.59 Å². The molecule has 2 amide bonds. The quantitative estimate of drug-likeness (QED) is 0.782. The van der Waals surface area contributed by atoms with Gasteiger partial charge in [0, 0.05) is 10.7 Å². The van der Waals surface area contributed by atoms with Crippen LogP contribution in [-0.4, -0.2) is 36.9 Å². The number of halogens is 1. The Morgan fingerprint density at radius 2 is 1.65 bits per heavy atom. The van der Waals surface area contributed by atoms with E-state index in [1.54, 1.807) is 18.0 Å². The molecular formula is C20H24ClN3O2. The van der Waals surface area contributed by atoms with Crippen LogP contribution < -0.4 is 10.6 Å². The minimum Gasteiger partial charge on any atom is -0.348 e. The number of carbonyl (C=O) groups excluding carboxylic acids is 2. The summed E-state index contributed by atoms with van der Waals surface area (Å²) in [6, 6.07) is 14.8. The zero-order chi connectivity index (χ0) is 19.1. The first-order chi connectivity index (χ1) is 12.3. The lowest BCUT2D eigenvalue weighted by molar-refractivity contribution is -0.123. The Morgan fingerprint density at radius 1 is 1.04 bits per heavy atom. The molecule has 0 radical (unpaired) electrons. The van der Waals surface area contributed by atoms with Crippen LogP contribution >= 0.6 is 11.6 Å². The summed E-state index contributed by atoms with van der Waals surface area (Å²) in [6.07, 6.45) is 0. The maximum Gasteiger partial charge on any atom is 0.238 e. The highest BCUT2D eigenvalue weighted by Gasteiger charge is 2.15. The van der Waals surface area contributed by atoms with E-state index < -0.39 is 0 Å². The summed E-state index contributed by atoms with van der Waals surface area (Å²) in [5.74, 6) is -0.327. The number of carbonyl (C=O) groups is 2. The van der Waals surface area contributed by atoms with Crippen molar-refractivity contribution in [1.29, 1.82) is 0 Å². The number of likely N-dealkylation sites (N-methyl/N-ethyl adjacent to an activating group) is 1. The predicted molar refractivity (Wildman–Crippen MR) is 105 cm³/mol. The molecule has 6 heteroatoms. The second-order valence-electron chi connectivity index (χ2n) is 6.40. The van der Waals surface area contributed by atoms with Crippen molar-refractivity contribution in [3.05, 3.63) is 64.7 Å². The van der Waals surface area contributed by atoms with Crippen LogP contribution in [0.1, 0.15) is 24.1 Å². The molecule has 0 bridgehead atoms. The van der Waals surface area contributed by atoms with Gasteiger partial charge in [0.15, 0.2) is 0 Å². The van der Waals surface area contributed by atoms with E-state index in [-0.39, 0.29) is 30.9 Å². The van der Waals surface area contributed by atoms with E-state index in [9.17, 15) is 9.59 Å². The summed E-state index contributed by atoms with van der Waals surface area (Å²) in [5, 5.41) is 6.33. The molecule has 0 aliphatic rings. The van der Waals surface area contributed by atoms with Gasteiger partial charge in [0.1, 0.15) is 0 Å². The average molecular weight is 374 g/mol. The monoisotopic (exact) mass is 373 g/mol. The first-order valence-corrected chi connectivity index (χ1v) is 8.82. The van der Waals surface area contributed by atoms with Gasteiger partial charge in [-0.2, -0.15) is 0 Å². The first kappa shape index (κ1) is 19.9. The number of rotatable bonds is 7. The Bertz CT molecular complexity index is 762. The number of anilines is 1. The molecule has 1 unspecified atom stereocenters. The zero-order valence-corrected chi connectivity index (χ0v) is 16.0. The summed E-state index contributed by atoms with van der Waals surface area (Å²) >= 11 is 6.15. The number of hydrogen-bond donors (Lipinski definition) is 2. The highest BCUT2D eigenvalue weighted by Crippen LogP contribution is 2.21. The van der Waals surface area contributed by atoms with E-state index in [1.165, 1.54) is 0 Å². The fourth-order valence-electron chi connectivity index (χ4n) is 2.57. The van der Waals surface area contributed by atoms with Crippen LogP contribution in [0.2, 0.25) is 5.02 Å². The van der Waals surface area contributed by atoms with Gasteiger partial charge in [0.2, 0.25) is 11.8 Å². The van der Waals surface area contributed by atoms with Gasteiger partial charge in [-0.05, 0) is 44.7 Å². The molecule has 0 fully saturated rings. The molecule has 0 aliphatic carbocycles. The Labute approximate surface area is 159 Å². The van der Waals surface area contributed by atoms with Crippen molar-refractivity contribution in [2.45, 2.75) is 19.9 Å². The van der Waals surface area contributed by atoms with Crippen LogP contribution in [0.3, 0.4) is 0 Å². The van der Waals surface area contributed by atoms with Gasteiger partial charge in [-0.25, -0.2) is 0 Å². The molecule has 2 aromatic rings. The normalized spacial score (nSPS) is 11.9. The Kier molecular flexibility index (Phi) is 7.18. The van der Waals surface area contributed by atoms with Crippen LogP contribution in [0.5, 0.6) is 0 Å². The van der Waals surface area contributed by atoms with E-state index in [2.05, 4.69) is 10.6 Å². The number of amides is 2. The molecule has 0 heterocycles. The molecule has 2 rings (SSSR count). The number of nitrogens with one attached hydrogen (secondary N) is 2. The smallest absolute Gasteiger partial charge is 0.238 e. The number of hydrogen-bond acceptors (Lipinski definition) is 3. The van der Waals surface area contributed by atoms with E-state index >= 15 is 0 Å². The molecule has 0 saturated heterocycles. The second kappa shape index (κ2) is 9.36.